The van der Waals surface area contributed by atoms with Crippen molar-refractivity contribution in [1.82, 2.24) is 10.2 Å². The fourth-order valence-electron chi connectivity index (χ4n) is 4.02. The summed E-state index contributed by atoms with van der Waals surface area (Å²) in [5, 5.41) is 4.74. The van der Waals surface area contributed by atoms with Crippen molar-refractivity contribution in [3.8, 4) is 0 Å². The summed E-state index contributed by atoms with van der Waals surface area (Å²) >= 11 is 18.4. The van der Waals surface area contributed by atoms with Crippen LogP contribution < -0.4 is 5.32 Å². The van der Waals surface area contributed by atoms with Crippen molar-refractivity contribution in [3.05, 3.63) is 140 Å². The fraction of sp³-hybridized carbons (Fsp3) is 0.133. The van der Waals surface area contributed by atoms with E-state index in [-0.39, 0.29) is 31.3 Å². The quantitative estimate of drug-likeness (QED) is 0.238. The van der Waals surface area contributed by atoms with Gasteiger partial charge in [0.25, 0.3) is 0 Å². The van der Waals surface area contributed by atoms with Crippen LogP contribution in [0.25, 0.3) is 0 Å². The second-order valence-corrected chi connectivity index (χ2v) is 9.85. The Kier molecular flexibility index (Phi) is 9.24. The van der Waals surface area contributed by atoms with Crippen LogP contribution >= 0.6 is 34.8 Å². The number of nitrogens with zero attached hydrogens (tertiary/aromatic N) is 1. The van der Waals surface area contributed by atoms with Gasteiger partial charge >= 0.3 is 0 Å². The van der Waals surface area contributed by atoms with Crippen LogP contribution in [0, 0.1) is 0 Å². The number of amides is 2. The predicted molar refractivity (Wildman–Crippen MR) is 150 cm³/mol. The van der Waals surface area contributed by atoms with Crippen LogP contribution in [0.5, 0.6) is 0 Å². The Morgan fingerprint density at radius 2 is 1.27 bits per heavy atom. The zero-order valence-electron chi connectivity index (χ0n) is 19.9. The molecule has 0 aliphatic heterocycles. The second kappa shape index (κ2) is 12.8. The van der Waals surface area contributed by atoms with Gasteiger partial charge in [0.1, 0.15) is 6.04 Å². The maximum atomic E-state index is 13.8. The van der Waals surface area contributed by atoms with Gasteiger partial charge in [0.2, 0.25) is 11.8 Å². The van der Waals surface area contributed by atoms with E-state index in [2.05, 4.69) is 5.32 Å². The third-order valence-corrected chi connectivity index (χ3v) is 6.81. The van der Waals surface area contributed by atoms with E-state index in [1.807, 2.05) is 72.8 Å². The SMILES string of the molecule is O=C(NCc1ccccc1Cl)C(c1ccccc1)N(Cc1ccc(Cl)cc1)C(=O)Cc1ccc(Cl)cc1. The van der Waals surface area contributed by atoms with Crippen LogP contribution in [0.2, 0.25) is 15.1 Å². The number of hydrogen-bond donors (Lipinski definition) is 1. The van der Waals surface area contributed by atoms with Crippen molar-refractivity contribution >= 4 is 46.6 Å². The van der Waals surface area contributed by atoms with Crippen LogP contribution in [0.1, 0.15) is 28.3 Å². The predicted octanol–water partition coefficient (Wildman–Crippen LogP) is 7.28. The molecule has 188 valence electrons. The average molecular weight is 552 g/mol. The van der Waals surface area contributed by atoms with E-state index in [9.17, 15) is 9.59 Å². The third kappa shape index (κ3) is 7.36. The second-order valence-electron chi connectivity index (χ2n) is 8.57. The molecule has 4 rings (SSSR count). The normalized spacial score (nSPS) is 11.5. The highest BCUT2D eigenvalue weighted by Gasteiger charge is 2.31. The minimum absolute atomic E-state index is 0.117. The highest BCUT2D eigenvalue weighted by molar-refractivity contribution is 6.31. The van der Waals surface area contributed by atoms with E-state index in [1.165, 1.54) is 0 Å². The molecule has 0 aromatic heterocycles. The molecule has 0 radical (unpaired) electrons. The van der Waals surface area contributed by atoms with Crippen LogP contribution in [-0.2, 0) is 29.1 Å². The van der Waals surface area contributed by atoms with E-state index in [0.29, 0.717) is 20.6 Å². The van der Waals surface area contributed by atoms with Crippen molar-refractivity contribution in [2.45, 2.75) is 25.6 Å². The minimum Gasteiger partial charge on any atom is -0.350 e. The smallest absolute Gasteiger partial charge is 0.247 e. The number of rotatable bonds is 9. The average Bonchev–Trinajstić information content (AvgIpc) is 2.91. The summed E-state index contributed by atoms with van der Waals surface area (Å²) in [4.78, 5) is 29.1. The van der Waals surface area contributed by atoms with E-state index >= 15 is 0 Å². The number of nitrogens with one attached hydrogen (secondary N) is 1. The van der Waals surface area contributed by atoms with Crippen LogP contribution in [0.4, 0.5) is 0 Å². The number of carbonyl (C=O) groups excluding carboxylic acids is 2. The molecule has 4 nitrogen and oxygen atoms in total. The van der Waals surface area contributed by atoms with Gasteiger partial charge in [0.05, 0.1) is 6.42 Å². The molecule has 0 saturated carbocycles. The fourth-order valence-corrected chi connectivity index (χ4v) is 4.47. The molecule has 4 aromatic rings. The molecule has 0 spiro atoms. The van der Waals surface area contributed by atoms with E-state index in [4.69, 9.17) is 34.8 Å². The zero-order chi connectivity index (χ0) is 26.2. The first-order chi connectivity index (χ1) is 17.9. The van der Waals surface area contributed by atoms with Gasteiger partial charge in [-0.2, -0.15) is 0 Å². The van der Waals surface area contributed by atoms with Crippen molar-refractivity contribution in [2.24, 2.45) is 0 Å². The summed E-state index contributed by atoms with van der Waals surface area (Å²) in [6, 6.07) is 30.1. The Morgan fingerprint density at radius 1 is 0.703 bits per heavy atom. The highest BCUT2D eigenvalue weighted by Crippen LogP contribution is 2.26. The van der Waals surface area contributed by atoms with Crippen LogP contribution in [0.15, 0.2) is 103 Å². The molecule has 0 aliphatic carbocycles. The molecule has 0 saturated heterocycles. The molecule has 0 fully saturated rings. The van der Waals surface area contributed by atoms with Crippen LogP contribution in [-0.4, -0.2) is 16.7 Å². The lowest BCUT2D eigenvalue weighted by atomic mass is 10.0. The highest BCUT2D eigenvalue weighted by atomic mass is 35.5. The van der Waals surface area contributed by atoms with Crippen molar-refractivity contribution in [1.29, 1.82) is 0 Å². The van der Waals surface area contributed by atoms with Gasteiger partial charge in [0.15, 0.2) is 0 Å². The van der Waals surface area contributed by atoms with Crippen molar-refractivity contribution < 1.29 is 9.59 Å². The Hall–Kier alpha value is -3.31. The van der Waals surface area contributed by atoms with Gasteiger partial charge in [-0.05, 0) is 52.6 Å². The standard InChI is InChI=1S/C30H25Cl3N2O2/c31-25-14-10-21(11-15-25)18-28(36)35(20-22-12-16-26(32)17-13-22)29(23-6-2-1-3-7-23)30(37)34-19-24-8-4-5-9-27(24)33/h1-17,29H,18-20H2,(H,34,37). The van der Waals surface area contributed by atoms with Gasteiger partial charge in [-0.3, -0.25) is 9.59 Å². The lowest BCUT2D eigenvalue weighted by Crippen LogP contribution is -2.43. The molecule has 1 atom stereocenters. The van der Waals surface area contributed by atoms with Crippen molar-refractivity contribution in [2.75, 3.05) is 0 Å². The third-order valence-electron chi connectivity index (χ3n) is 5.94. The minimum atomic E-state index is -0.862. The summed E-state index contributed by atoms with van der Waals surface area (Å²) in [6.07, 6.45) is 0.117. The Balaban J connectivity index is 1.67. The Labute approximate surface area is 231 Å². The molecule has 0 heterocycles. The van der Waals surface area contributed by atoms with Gasteiger partial charge in [0, 0.05) is 28.2 Å². The first-order valence-electron chi connectivity index (χ1n) is 11.7. The molecule has 0 bridgehead atoms. The molecular weight excluding hydrogens is 527 g/mol. The molecule has 2 amide bonds. The maximum absolute atomic E-state index is 13.8. The van der Waals surface area contributed by atoms with Crippen LogP contribution in [0.3, 0.4) is 0 Å². The topological polar surface area (TPSA) is 49.4 Å². The van der Waals surface area contributed by atoms with E-state index in [0.717, 1.165) is 16.7 Å². The van der Waals surface area contributed by atoms with Gasteiger partial charge in [-0.1, -0.05) is 108 Å². The largest absolute Gasteiger partial charge is 0.350 e. The lowest BCUT2D eigenvalue weighted by Gasteiger charge is -2.32. The van der Waals surface area contributed by atoms with Gasteiger partial charge in [-0.15, -0.1) is 0 Å². The van der Waals surface area contributed by atoms with Gasteiger partial charge in [-0.25, -0.2) is 0 Å². The van der Waals surface area contributed by atoms with E-state index in [1.54, 1.807) is 35.2 Å². The molecule has 4 aromatic carbocycles. The Bertz CT molecular complexity index is 1340. The summed E-state index contributed by atoms with van der Waals surface area (Å²) < 4.78 is 0. The first kappa shape index (κ1) is 26.7. The maximum Gasteiger partial charge on any atom is 0.247 e. The molecule has 1 N–H and O–H groups in total. The summed E-state index contributed by atoms with van der Waals surface area (Å²) in [7, 11) is 0. The molecular formula is C30H25Cl3N2O2. The number of benzene rings is 4. The molecule has 37 heavy (non-hydrogen) atoms. The molecule has 0 aliphatic rings. The van der Waals surface area contributed by atoms with Gasteiger partial charge < -0.3 is 10.2 Å². The molecule has 1 unspecified atom stereocenters. The first-order valence-corrected chi connectivity index (χ1v) is 12.9. The summed E-state index contributed by atoms with van der Waals surface area (Å²) in [5.74, 6) is -0.497. The zero-order valence-corrected chi connectivity index (χ0v) is 22.2. The summed E-state index contributed by atoms with van der Waals surface area (Å²) in [5.41, 5.74) is 3.16. The number of carbonyl (C=O) groups is 2. The van der Waals surface area contributed by atoms with E-state index < -0.39 is 6.04 Å². The lowest BCUT2D eigenvalue weighted by molar-refractivity contribution is -0.141. The number of hydrogen-bond acceptors (Lipinski definition) is 2. The molecule has 7 heteroatoms. The van der Waals surface area contributed by atoms with Crippen molar-refractivity contribution in [3.63, 3.8) is 0 Å². The number of halogens is 3. The summed E-state index contributed by atoms with van der Waals surface area (Å²) in [6.45, 7) is 0.463. The Morgan fingerprint density at radius 3 is 1.89 bits per heavy atom. The monoisotopic (exact) mass is 550 g/mol.